The number of carbonyl (C=O) groups is 1. The summed E-state index contributed by atoms with van der Waals surface area (Å²) in [4.78, 5) is 12.2. The topological polar surface area (TPSA) is 41.1 Å². The summed E-state index contributed by atoms with van der Waals surface area (Å²) >= 11 is 8.29. The van der Waals surface area contributed by atoms with E-state index in [4.69, 9.17) is 11.6 Å². The quantitative estimate of drug-likeness (QED) is 0.742. The lowest BCUT2D eigenvalue weighted by Gasteiger charge is -2.10. The number of anilines is 2. The molecule has 0 atom stereocenters. The third-order valence-corrected chi connectivity index (χ3v) is 3.92. The lowest BCUT2D eigenvalue weighted by atomic mass is 10.1. The number of halogens is 2. The van der Waals surface area contributed by atoms with E-state index >= 15 is 0 Å². The van der Waals surface area contributed by atoms with E-state index in [9.17, 15) is 4.79 Å². The molecule has 2 N–H and O–H groups in total. The molecular formula is C15H14ClIN2O. The fraction of sp³-hybridized carbons (Fsp3) is 0.133. The van der Waals surface area contributed by atoms with Crippen molar-refractivity contribution in [3.05, 3.63) is 56.1 Å². The van der Waals surface area contributed by atoms with Crippen LogP contribution in [0.1, 0.15) is 15.9 Å². The van der Waals surface area contributed by atoms with Crippen LogP contribution in [0.3, 0.4) is 0 Å². The van der Waals surface area contributed by atoms with Crippen molar-refractivity contribution < 1.29 is 4.79 Å². The molecule has 0 spiro atoms. The molecule has 104 valence electrons. The Morgan fingerprint density at radius 3 is 2.45 bits per heavy atom. The first kappa shape index (κ1) is 15.1. The smallest absolute Gasteiger partial charge is 0.255 e. The fourth-order valence-electron chi connectivity index (χ4n) is 1.87. The number of hydrogen-bond acceptors (Lipinski definition) is 2. The van der Waals surface area contributed by atoms with E-state index in [1.807, 2.05) is 38.2 Å². The van der Waals surface area contributed by atoms with E-state index in [2.05, 4.69) is 33.2 Å². The standard InChI is InChI=1S/C15H14ClIN2O/c1-9-7-10(3-5-13(9)18-2)15(20)19-14-6-4-11(17)8-12(14)16/h3-8,18H,1-2H3,(H,19,20). The Morgan fingerprint density at radius 2 is 1.85 bits per heavy atom. The molecular weight excluding hydrogens is 387 g/mol. The zero-order valence-electron chi connectivity index (χ0n) is 11.1. The summed E-state index contributed by atoms with van der Waals surface area (Å²) in [5.41, 5.74) is 3.26. The normalized spacial score (nSPS) is 10.2. The van der Waals surface area contributed by atoms with Crippen LogP contribution < -0.4 is 10.6 Å². The Hall–Kier alpha value is -1.27. The Kier molecular flexibility index (Phi) is 4.88. The number of amides is 1. The van der Waals surface area contributed by atoms with Gasteiger partial charge in [-0.25, -0.2) is 0 Å². The lowest BCUT2D eigenvalue weighted by Crippen LogP contribution is -2.12. The van der Waals surface area contributed by atoms with Crippen LogP contribution in [0.2, 0.25) is 5.02 Å². The molecule has 0 heterocycles. The molecule has 0 radical (unpaired) electrons. The maximum Gasteiger partial charge on any atom is 0.255 e. The molecule has 0 fully saturated rings. The highest BCUT2D eigenvalue weighted by Gasteiger charge is 2.10. The van der Waals surface area contributed by atoms with Crippen LogP contribution in [0, 0.1) is 10.5 Å². The van der Waals surface area contributed by atoms with Gasteiger partial charge in [-0.2, -0.15) is 0 Å². The van der Waals surface area contributed by atoms with Crippen LogP contribution in [0.5, 0.6) is 0 Å². The third kappa shape index (κ3) is 3.43. The van der Waals surface area contributed by atoms with Gasteiger partial charge in [-0.15, -0.1) is 0 Å². The van der Waals surface area contributed by atoms with E-state index in [0.717, 1.165) is 14.8 Å². The number of aryl methyl sites for hydroxylation is 1. The number of benzene rings is 2. The van der Waals surface area contributed by atoms with Crippen LogP contribution >= 0.6 is 34.2 Å². The highest BCUT2D eigenvalue weighted by atomic mass is 127. The number of hydrogen-bond donors (Lipinski definition) is 2. The highest BCUT2D eigenvalue weighted by Crippen LogP contribution is 2.25. The first-order valence-electron chi connectivity index (χ1n) is 6.06. The summed E-state index contributed by atoms with van der Waals surface area (Å²) in [6, 6.07) is 11.0. The molecule has 0 aromatic heterocycles. The molecule has 0 aliphatic carbocycles. The Labute approximate surface area is 136 Å². The number of nitrogens with one attached hydrogen (secondary N) is 2. The molecule has 2 aromatic carbocycles. The molecule has 5 heteroatoms. The average Bonchev–Trinajstić information content (AvgIpc) is 2.41. The SMILES string of the molecule is CNc1ccc(C(=O)Nc2ccc(I)cc2Cl)cc1C. The Bertz CT molecular complexity index is 658. The van der Waals surface area contributed by atoms with Gasteiger partial charge in [0.05, 0.1) is 10.7 Å². The van der Waals surface area contributed by atoms with Gasteiger partial charge in [0, 0.05) is 21.9 Å². The van der Waals surface area contributed by atoms with E-state index in [0.29, 0.717) is 16.3 Å². The van der Waals surface area contributed by atoms with Gasteiger partial charge in [-0.3, -0.25) is 4.79 Å². The predicted molar refractivity (Wildman–Crippen MR) is 92.8 cm³/mol. The summed E-state index contributed by atoms with van der Waals surface area (Å²) in [5.74, 6) is -0.168. The van der Waals surface area contributed by atoms with Crippen molar-refractivity contribution in [1.29, 1.82) is 0 Å². The van der Waals surface area contributed by atoms with Gasteiger partial charge < -0.3 is 10.6 Å². The largest absolute Gasteiger partial charge is 0.388 e. The van der Waals surface area contributed by atoms with Gasteiger partial charge in [0.2, 0.25) is 0 Å². The van der Waals surface area contributed by atoms with E-state index in [-0.39, 0.29) is 5.91 Å². The van der Waals surface area contributed by atoms with Gasteiger partial charge in [-0.1, -0.05) is 11.6 Å². The van der Waals surface area contributed by atoms with Crippen LogP contribution in [0.4, 0.5) is 11.4 Å². The first-order valence-corrected chi connectivity index (χ1v) is 7.51. The Morgan fingerprint density at radius 1 is 1.15 bits per heavy atom. The highest BCUT2D eigenvalue weighted by molar-refractivity contribution is 14.1. The molecule has 1 amide bonds. The molecule has 2 rings (SSSR count). The van der Waals surface area contributed by atoms with Gasteiger partial charge >= 0.3 is 0 Å². The molecule has 20 heavy (non-hydrogen) atoms. The van der Waals surface area contributed by atoms with Crippen molar-refractivity contribution in [3.8, 4) is 0 Å². The summed E-state index contributed by atoms with van der Waals surface area (Å²) in [6.07, 6.45) is 0. The van der Waals surface area contributed by atoms with Crippen LogP contribution in [-0.4, -0.2) is 13.0 Å². The predicted octanol–water partition coefficient (Wildman–Crippen LogP) is 4.55. The molecule has 0 saturated heterocycles. The monoisotopic (exact) mass is 400 g/mol. The van der Waals surface area contributed by atoms with Crippen molar-refractivity contribution in [1.82, 2.24) is 0 Å². The van der Waals surface area contributed by atoms with Crippen LogP contribution in [-0.2, 0) is 0 Å². The second-order valence-corrected chi connectivity index (χ2v) is 6.01. The van der Waals surface area contributed by atoms with Crippen LogP contribution in [0.25, 0.3) is 0 Å². The maximum atomic E-state index is 12.2. The van der Waals surface area contributed by atoms with E-state index < -0.39 is 0 Å². The molecule has 0 bridgehead atoms. The minimum Gasteiger partial charge on any atom is -0.388 e. The van der Waals surface area contributed by atoms with Crippen molar-refractivity contribution in [3.63, 3.8) is 0 Å². The summed E-state index contributed by atoms with van der Waals surface area (Å²) in [5, 5.41) is 6.43. The zero-order valence-corrected chi connectivity index (χ0v) is 14.0. The van der Waals surface area contributed by atoms with Crippen molar-refractivity contribution in [2.75, 3.05) is 17.7 Å². The molecule has 0 unspecified atom stereocenters. The Balaban J connectivity index is 2.21. The summed E-state index contributed by atoms with van der Waals surface area (Å²) in [6.45, 7) is 1.96. The minimum atomic E-state index is -0.168. The molecule has 0 aliphatic rings. The first-order chi connectivity index (χ1) is 9.51. The van der Waals surface area contributed by atoms with Gasteiger partial charge in [0.25, 0.3) is 5.91 Å². The summed E-state index contributed by atoms with van der Waals surface area (Å²) in [7, 11) is 1.85. The molecule has 0 aliphatic heterocycles. The number of rotatable bonds is 3. The summed E-state index contributed by atoms with van der Waals surface area (Å²) < 4.78 is 1.03. The van der Waals surface area contributed by atoms with E-state index in [1.54, 1.807) is 12.1 Å². The second-order valence-electron chi connectivity index (χ2n) is 4.36. The van der Waals surface area contributed by atoms with Gasteiger partial charge in [0.15, 0.2) is 0 Å². The second kappa shape index (κ2) is 6.45. The van der Waals surface area contributed by atoms with Crippen molar-refractivity contribution >= 4 is 51.5 Å². The van der Waals surface area contributed by atoms with Crippen LogP contribution in [0.15, 0.2) is 36.4 Å². The average molecular weight is 401 g/mol. The van der Waals surface area contributed by atoms with E-state index in [1.165, 1.54) is 0 Å². The molecule has 0 saturated carbocycles. The maximum absolute atomic E-state index is 12.2. The van der Waals surface area contributed by atoms with Crippen molar-refractivity contribution in [2.24, 2.45) is 0 Å². The zero-order chi connectivity index (χ0) is 14.7. The third-order valence-electron chi connectivity index (χ3n) is 2.94. The lowest BCUT2D eigenvalue weighted by molar-refractivity contribution is 0.102. The fourth-order valence-corrected chi connectivity index (χ4v) is 2.77. The molecule has 2 aromatic rings. The van der Waals surface area contributed by atoms with Crippen molar-refractivity contribution in [2.45, 2.75) is 6.92 Å². The van der Waals surface area contributed by atoms with Gasteiger partial charge in [0.1, 0.15) is 0 Å². The number of carbonyl (C=O) groups excluding carboxylic acids is 1. The molecule has 3 nitrogen and oxygen atoms in total. The van der Waals surface area contributed by atoms with Gasteiger partial charge in [-0.05, 0) is 71.5 Å². The minimum absolute atomic E-state index is 0.168.